The lowest BCUT2D eigenvalue weighted by Crippen LogP contribution is -2.30. The molecule has 0 radical (unpaired) electrons. The van der Waals surface area contributed by atoms with Crippen LogP contribution in [0.3, 0.4) is 0 Å². The zero-order valence-corrected chi connectivity index (χ0v) is 14.0. The highest BCUT2D eigenvalue weighted by Crippen LogP contribution is 2.31. The van der Waals surface area contributed by atoms with E-state index < -0.39 is 0 Å². The van der Waals surface area contributed by atoms with Crippen molar-refractivity contribution in [2.75, 3.05) is 11.1 Å². The second kappa shape index (κ2) is 7.63. The topological polar surface area (TPSA) is 89.8 Å². The highest BCUT2D eigenvalue weighted by molar-refractivity contribution is 5.85. The summed E-state index contributed by atoms with van der Waals surface area (Å²) in [6, 6.07) is 8.43. The molecule has 0 unspecified atom stereocenters. The molecule has 0 bridgehead atoms. The molecule has 0 saturated carbocycles. The normalized spacial score (nSPS) is 18.8. The minimum absolute atomic E-state index is 0. The largest absolute Gasteiger partial charge is 0.368 e. The molecular weight excluding hydrogens is 321 g/mol. The quantitative estimate of drug-likeness (QED) is 0.797. The number of fused-ring (bicyclic) bond motifs is 1. The Balaban J connectivity index is 0.00000121. The molecule has 22 heavy (non-hydrogen) atoms. The maximum absolute atomic E-state index is 6.33. The molecule has 0 fully saturated rings. The van der Waals surface area contributed by atoms with Crippen LogP contribution in [0.4, 0.5) is 11.8 Å². The fraction of sp³-hybridized carbons (Fsp3) is 0.333. The number of halogens is 2. The van der Waals surface area contributed by atoms with Gasteiger partial charge in [-0.1, -0.05) is 31.2 Å². The zero-order chi connectivity index (χ0) is 14.1. The number of nitrogens with zero attached hydrogens (tertiary/aromatic N) is 2. The smallest absolute Gasteiger partial charge is 0.221 e. The van der Waals surface area contributed by atoms with Crippen molar-refractivity contribution in [3.05, 3.63) is 47.2 Å². The number of aryl methyl sites for hydroxylation is 1. The highest BCUT2D eigenvalue weighted by Gasteiger charge is 2.29. The molecular formula is C15H21Cl2N5. The van der Waals surface area contributed by atoms with E-state index in [0.717, 1.165) is 24.2 Å². The monoisotopic (exact) mass is 341 g/mol. The molecule has 5 N–H and O–H groups in total. The average Bonchev–Trinajstić information content (AvgIpc) is 2.76. The van der Waals surface area contributed by atoms with E-state index in [1.165, 1.54) is 11.1 Å². The van der Waals surface area contributed by atoms with Crippen LogP contribution in [0.2, 0.25) is 0 Å². The zero-order valence-electron chi connectivity index (χ0n) is 12.3. The van der Waals surface area contributed by atoms with Gasteiger partial charge >= 0.3 is 0 Å². The van der Waals surface area contributed by atoms with Crippen molar-refractivity contribution < 1.29 is 0 Å². The third kappa shape index (κ3) is 3.43. The van der Waals surface area contributed by atoms with Gasteiger partial charge in [-0.2, -0.15) is 4.98 Å². The minimum Gasteiger partial charge on any atom is -0.368 e. The van der Waals surface area contributed by atoms with Crippen LogP contribution in [0.25, 0.3) is 0 Å². The van der Waals surface area contributed by atoms with Gasteiger partial charge in [-0.15, -0.1) is 24.8 Å². The maximum atomic E-state index is 6.33. The number of anilines is 2. The molecule has 0 saturated heterocycles. The minimum atomic E-state index is -0.0212. The fourth-order valence-corrected chi connectivity index (χ4v) is 2.75. The third-order valence-electron chi connectivity index (χ3n) is 3.87. The molecule has 1 heterocycles. The predicted octanol–water partition coefficient (Wildman–Crippen LogP) is 2.50. The Labute approximate surface area is 142 Å². The number of hydrogen-bond acceptors (Lipinski definition) is 5. The van der Waals surface area contributed by atoms with E-state index in [4.69, 9.17) is 11.5 Å². The first-order valence-electron chi connectivity index (χ1n) is 6.90. The number of aromatic nitrogens is 2. The van der Waals surface area contributed by atoms with Gasteiger partial charge in [0, 0.05) is 11.8 Å². The molecule has 3 rings (SSSR count). The first kappa shape index (κ1) is 18.5. The van der Waals surface area contributed by atoms with E-state index in [9.17, 15) is 0 Å². The van der Waals surface area contributed by atoms with Crippen molar-refractivity contribution in [3.8, 4) is 0 Å². The molecule has 1 aromatic heterocycles. The Morgan fingerprint density at radius 1 is 1.27 bits per heavy atom. The Morgan fingerprint density at radius 3 is 2.68 bits per heavy atom. The lowest BCUT2D eigenvalue weighted by molar-refractivity contribution is 0.626. The van der Waals surface area contributed by atoms with E-state index in [1.54, 1.807) is 6.20 Å². The summed E-state index contributed by atoms with van der Waals surface area (Å²) < 4.78 is 0. The van der Waals surface area contributed by atoms with E-state index >= 15 is 0 Å². The number of benzene rings is 1. The van der Waals surface area contributed by atoms with Gasteiger partial charge in [0.15, 0.2) is 0 Å². The standard InChI is InChI=1S/C15H19N5.2ClH/c1-2-9-8-18-15(17)20-14(9)19-12-7-10-5-3-4-6-11(10)13(12)16;;/h3-6,8,12-13H,2,7,16H2,1H3,(H3,17,18,19,20);2*1H/t12-,13-;;/m0../s1. The number of hydrogen-bond donors (Lipinski definition) is 3. The van der Waals surface area contributed by atoms with Crippen molar-refractivity contribution >= 4 is 36.6 Å². The van der Waals surface area contributed by atoms with Crippen molar-refractivity contribution in [2.24, 2.45) is 5.73 Å². The summed E-state index contributed by atoms with van der Waals surface area (Å²) in [5, 5.41) is 3.44. The summed E-state index contributed by atoms with van der Waals surface area (Å²) in [6.07, 6.45) is 3.54. The molecule has 1 aromatic carbocycles. The molecule has 0 aliphatic heterocycles. The average molecular weight is 342 g/mol. The first-order valence-corrected chi connectivity index (χ1v) is 6.90. The first-order chi connectivity index (χ1) is 9.69. The van der Waals surface area contributed by atoms with Gasteiger partial charge in [0.1, 0.15) is 5.82 Å². The van der Waals surface area contributed by atoms with Crippen molar-refractivity contribution in [3.63, 3.8) is 0 Å². The number of rotatable bonds is 3. The SMILES string of the molecule is CCc1cnc(N)nc1N[C@H]1Cc2ccccc2[C@@H]1N.Cl.Cl. The molecule has 2 aromatic rings. The van der Waals surface area contributed by atoms with E-state index in [2.05, 4.69) is 34.3 Å². The Bertz CT molecular complexity index is 635. The number of nitrogen functional groups attached to an aromatic ring is 1. The summed E-state index contributed by atoms with van der Waals surface area (Å²) >= 11 is 0. The molecule has 2 atom stereocenters. The molecule has 120 valence electrons. The van der Waals surface area contributed by atoms with Gasteiger partial charge in [-0.25, -0.2) is 4.98 Å². The van der Waals surface area contributed by atoms with Gasteiger partial charge in [0.2, 0.25) is 5.95 Å². The summed E-state index contributed by atoms with van der Waals surface area (Å²) in [5.74, 6) is 1.09. The van der Waals surface area contributed by atoms with Crippen molar-refractivity contribution in [1.29, 1.82) is 0 Å². The van der Waals surface area contributed by atoms with Crippen LogP contribution >= 0.6 is 24.8 Å². The molecule has 1 aliphatic carbocycles. The predicted molar refractivity (Wildman–Crippen MR) is 94.8 cm³/mol. The van der Waals surface area contributed by atoms with Gasteiger partial charge < -0.3 is 16.8 Å². The van der Waals surface area contributed by atoms with Crippen LogP contribution in [-0.2, 0) is 12.8 Å². The number of nitrogens with one attached hydrogen (secondary N) is 1. The lowest BCUT2D eigenvalue weighted by atomic mass is 10.1. The summed E-state index contributed by atoms with van der Waals surface area (Å²) in [6.45, 7) is 2.07. The van der Waals surface area contributed by atoms with Crippen molar-refractivity contribution in [2.45, 2.75) is 31.8 Å². The summed E-state index contributed by atoms with van der Waals surface area (Å²) in [4.78, 5) is 8.34. The van der Waals surface area contributed by atoms with Crippen LogP contribution in [0.5, 0.6) is 0 Å². The fourth-order valence-electron chi connectivity index (χ4n) is 2.75. The van der Waals surface area contributed by atoms with Crippen LogP contribution in [0, 0.1) is 0 Å². The molecule has 0 spiro atoms. The highest BCUT2D eigenvalue weighted by atomic mass is 35.5. The molecule has 7 heteroatoms. The summed E-state index contributed by atoms with van der Waals surface area (Å²) in [7, 11) is 0. The van der Waals surface area contributed by atoms with Gasteiger partial charge in [-0.05, 0) is 24.0 Å². The molecule has 5 nitrogen and oxygen atoms in total. The van der Waals surface area contributed by atoms with Gasteiger partial charge in [0.05, 0.1) is 12.1 Å². The van der Waals surface area contributed by atoms with E-state index in [0.29, 0.717) is 0 Å². The lowest BCUT2D eigenvalue weighted by Gasteiger charge is -2.20. The van der Waals surface area contributed by atoms with E-state index in [-0.39, 0.29) is 42.8 Å². The Hall–Kier alpha value is -1.56. The second-order valence-corrected chi connectivity index (χ2v) is 5.14. The van der Waals surface area contributed by atoms with Crippen LogP contribution in [0.15, 0.2) is 30.5 Å². The Morgan fingerprint density at radius 2 is 2.00 bits per heavy atom. The van der Waals surface area contributed by atoms with Crippen molar-refractivity contribution in [1.82, 2.24) is 9.97 Å². The van der Waals surface area contributed by atoms with Gasteiger partial charge in [-0.3, -0.25) is 0 Å². The maximum Gasteiger partial charge on any atom is 0.221 e. The van der Waals surface area contributed by atoms with Crippen LogP contribution in [-0.4, -0.2) is 16.0 Å². The van der Waals surface area contributed by atoms with Gasteiger partial charge in [0.25, 0.3) is 0 Å². The Kier molecular flexibility index (Phi) is 6.41. The molecule has 1 aliphatic rings. The summed E-state index contributed by atoms with van der Waals surface area (Å²) in [5.41, 5.74) is 15.6. The van der Waals surface area contributed by atoms with E-state index in [1.807, 2.05) is 12.1 Å². The van der Waals surface area contributed by atoms with Crippen LogP contribution in [0.1, 0.15) is 29.7 Å². The third-order valence-corrected chi connectivity index (χ3v) is 3.87. The number of nitrogens with two attached hydrogens (primary N) is 2. The molecule has 0 amide bonds. The van der Waals surface area contributed by atoms with Crippen LogP contribution < -0.4 is 16.8 Å². The second-order valence-electron chi connectivity index (χ2n) is 5.14.